The largest absolute Gasteiger partial charge is 0.379 e. The quantitative estimate of drug-likeness (QED) is 0.285. The summed E-state index contributed by atoms with van der Waals surface area (Å²) >= 11 is 1.73. The van der Waals surface area contributed by atoms with Crippen LogP contribution in [0.2, 0.25) is 0 Å². The Morgan fingerprint density at radius 1 is 1.30 bits per heavy atom. The van der Waals surface area contributed by atoms with Gasteiger partial charge in [0, 0.05) is 49.6 Å². The average molecular weight is 548 g/mol. The molecule has 30 heavy (non-hydrogen) atoms. The standard InChI is InChI=1S/C20H33N7OS.HI/c1-4-18-25-24-16-26(18)8-7-21-19(22-14-17-6-5-13-29-17)23-15-20(2,3)27-9-11-28-12-10-27;/h5-6,13,16H,4,7-12,14-15H2,1-3H3,(H2,21,22,23);1H. The summed E-state index contributed by atoms with van der Waals surface area (Å²) in [6.45, 7) is 13.3. The van der Waals surface area contributed by atoms with Gasteiger partial charge in [-0.05, 0) is 25.3 Å². The van der Waals surface area contributed by atoms with Gasteiger partial charge in [-0.1, -0.05) is 13.0 Å². The van der Waals surface area contributed by atoms with E-state index in [2.05, 4.69) is 68.6 Å². The van der Waals surface area contributed by atoms with Crippen molar-refractivity contribution in [3.8, 4) is 0 Å². The average Bonchev–Trinajstić information content (AvgIpc) is 3.42. The van der Waals surface area contributed by atoms with Crippen molar-refractivity contribution in [1.82, 2.24) is 30.3 Å². The fourth-order valence-corrected chi connectivity index (χ4v) is 3.98. The minimum Gasteiger partial charge on any atom is -0.379 e. The minimum absolute atomic E-state index is 0. The summed E-state index contributed by atoms with van der Waals surface area (Å²) in [6.07, 6.45) is 2.67. The van der Waals surface area contributed by atoms with Gasteiger partial charge in [-0.15, -0.1) is 45.5 Å². The number of aryl methyl sites for hydroxylation is 1. The molecule has 2 N–H and O–H groups in total. The van der Waals surface area contributed by atoms with Gasteiger partial charge >= 0.3 is 0 Å². The van der Waals surface area contributed by atoms with Crippen molar-refractivity contribution in [2.45, 2.75) is 45.8 Å². The van der Waals surface area contributed by atoms with Crippen LogP contribution in [0.5, 0.6) is 0 Å². The van der Waals surface area contributed by atoms with E-state index in [1.807, 2.05) is 0 Å². The highest BCUT2D eigenvalue weighted by molar-refractivity contribution is 14.0. The Bertz CT molecular complexity index is 757. The normalized spacial score (nSPS) is 15.6. The van der Waals surface area contributed by atoms with Crippen LogP contribution >= 0.6 is 35.3 Å². The first-order chi connectivity index (χ1) is 14.1. The molecule has 1 aliphatic heterocycles. The number of hydrogen-bond donors (Lipinski definition) is 2. The third-order valence-corrected chi connectivity index (χ3v) is 6.05. The summed E-state index contributed by atoms with van der Waals surface area (Å²) in [4.78, 5) is 8.53. The zero-order valence-corrected chi connectivity index (χ0v) is 21.3. The zero-order chi connectivity index (χ0) is 20.5. The third-order valence-electron chi connectivity index (χ3n) is 5.19. The van der Waals surface area contributed by atoms with Crippen LogP contribution < -0.4 is 10.6 Å². The summed E-state index contributed by atoms with van der Waals surface area (Å²) in [6, 6.07) is 4.18. The van der Waals surface area contributed by atoms with Gasteiger partial charge in [0.05, 0.1) is 19.8 Å². The molecule has 8 nitrogen and oxygen atoms in total. The maximum atomic E-state index is 5.50. The second kappa shape index (κ2) is 12.6. The van der Waals surface area contributed by atoms with Crippen molar-refractivity contribution in [3.63, 3.8) is 0 Å². The van der Waals surface area contributed by atoms with Gasteiger partial charge in [0.25, 0.3) is 0 Å². The Kier molecular flexibility index (Phi) is 10.5. The van der Waals surface area contributed by atoms with Crippen LogP contribution in [0.15, 0.2) is 28.8 Å². The Morgan fingerprint density at radius 3 is 2.80 bits per heavy atom. The van der Waals surface area contributed by atoms with Crippen molar-refractivity contribution < 1.29 is 4.74 Å². The third kappa shape index (κ3) is 7.47. The number of guanidine groups is 1. The number of hydrogen-bond acceptors (Lipinski definition) is 6. The number of halogens is 1. The molecule has 0 radical (unpaired) electrons. The smallest absolute Gasteiger partial charge is 0.191 e. The van der Waals surface area contributed by atoms with Crippen LogP contribution in [0, 0.1) is 0 Å². The van der Waals surface area contributed by atoms with Gasteiger partial charge < -0.3 is 19.9 Å². The van der Waals surface area contributed by atoms with E-state index in [0.717, 1.165) is 64.1 Å². The molecule has 10 heteroatoms. The number of aromatic nitrogens is 3. The molecule has 0 atom stereocenters. The molecule has 0 unspecified atom stereocenters. The highest BCUT2D eigenvalue weighted by Gasteiger charge is 2.28. The van der Waals surface area contributed by atoms with E-state index in [1.54, 1.807) is 17.7 Å². The van der Waals surface area contributed by atoms with Gasteiger partial charge in [0.15, 0.2) is 5.96 Å². The van der Waals surface area contributed by atoms with Gasteiger partial charge in [-0.2, -0.15) is 0 Å². The lowest BCUT2D eigenvalue weighted by molar-refractivity contribution is -0.00834. The molecule has 0 amide bonds. The zero-order valence-electron chi connectivity index (χ0n) is 18.1. The van der Waals surface area contributed by atoms with E-state index in [1.165, 1.54) is 4.88 Å². The van der Waals surface area contributed by atoms with E-state index >= 15 is 0 Å². The first kappa shape index (κ1) is 25.0. The first-order valence-electron chi connectivity index (χ1n) is 10.3. The van der Waals surface area contributed by atoms with Crippen molar-refractivity contribution in [1.29, 1.82) is 0 Å². The van der Waals surface area contributed by atoms with Gasteiger partial charge in [-0.3, -0.25) is 4.90 Å². The van der Waals surface area contributed by atoms with Crippen LogP contribution in [0.1, 0.15) is 31.5 Å². The van der Waals surface area contributed by atoms with Crippen molar-refractivity contribution in [2.75, 3.05) is 39.4 Å². The number of aliphatic imine (C=N–C) groups is 1. The lowest BCUT2D eigenvalue weighted by atomic mass is 10.0. The van der Waals surface area contributed by atoms with Gasteiger partial charge in [0.2, 0.25) is 0 Å². The molecule has 3 heterocycles. The summed E-state index contributed by atoms with van der Waals surface area (Å²) in [5.41, 5.74) is 0.0266. The molecule has 0 spiro atoms. The molecule has 1 aliphatic rings. The Hall–Kier alpha value is -1.24. The summed E-state index contributed by atoms with van der Waals surface area (Å²) in [5.74, 6) is 1.84. The monoisotopic (exact) mass is 547 g/mol. The van der Waals surface area contributed by atoms with Crippen molar-refractivity contribution in [3.05, 3.63) is 34.5 Å². The maximum Gasteiger partial charge on any atom is 0.191 e. The van der Waals surface area contributed by atoms with Gasteiger partial charge in [0.1, 0.15) is 12.2 Å². The molecule has 0 saturated carbocycles. The summed E-state index contributed by atoms with van der Waals surface area (Å²) < 4.78 is 7.58. The SMILES string of the molecule is CCc1nncn1CCNC(=NCc1cccs1)NCC(C)(C)N1CCOCC1.I. The number of nitrogens with zero attached hydrogens (tertiary/aromatic N) is 5. The van der Waals surface area contributed by atoms with Gasteiger partial charge in [-0.25, -0.2) is 4.99 Å². The molecule has 1 fully saturated rings. The van der Waals surface area contributed by atoms with Crippen LogP contribution in [0.4, 0.5) is 0 Å². The highest BCUT2D eigenvalue weighted by atomic mass is 127. The second-order valence-electron chi connectivity index (χ2n) is 7.73. The summed E-state index contributed by atoms with van der Waals surface area (Å²) in [5, 5.41) is 17.3. The van der Waals surface area contributed by atoms with E-state index in [4.69, 9.17) is 9.73 Å². The molecule has 0 bridgehead atoms. The molecule has 3 rings (SSSR count). The predicted molar refractivity (Wildman–Crippen MR) is 133 cm³/mol. The number of ether oxygens (including phenoxy) is 1. The van der Waals surface area contributed by atoms with Crippen LogP contribution in [0.25, 0.3) is 0 Å². The summed E-state index contributed by atoms with van der Waals surface area (Å²) in [7, 11) is 0. The highest BCUT2D eigenvalue weighted by Crippen LogP contribution is 2.15. The number of rotatable bonds is 9. The topological polar surface area (TPSA) is 79.6 Å². The number of thiophene rings is 1. The Balaban J connectivity index is 0.00000320. The van der Waals surface area contributed by atoms with Crippen molar-refractivity contribution in [2.24, 2.45) is 4.99 Å². The lowest BCUT2D eigenvalue weighted by Gasteiger charge is -2.41. The number of morpholine rings is 1. The molecule has 0 aliphatic carbocycles. The predicted octanol–water partition coefficient (Wildman–Crippen LogP) is 2.37. The lowest BCUT2D eigenvalue weighted by Crippen LogP contribution is -2.56. The second-order valence-corrected chi connectivity index (χ2v) is 8.76. The van der Waals surface area contributed by atoms with Crippen LogP contribution in [-0.4, -0.2) is 70.6 Å². The Morgan fingerprint density at radius 2 is 2.10 bits per heavy atom. The van der Waals surface area contributed by atoms with E-state index in [9.17, 15) is 0 Å². The molecule has 1 saturated heterocycles. The number of nitrogens with one attached hydrogen (secondary N) is 2. The fraction of sp³-hybridized carbons (Fsp3) is 0.650. The molecule has 0 aromatic carbocycles. The van der Waals surface area contributed by atoms with E-state index in [-0.39, 0.29) is 29.5 Å². The van der Waals surface area contributed by atoms with Crippen LogP contribution in [0.3, 0.4) is 0 Å². The van der Waals surface area contributed by atoms with E-state index in [0.29, 0.717) is 6.54 Å². The molecular weight excluding hydrogens is 513 g/mol. The molecule has 168 valence electrons. The van der Waals surface area contributed by atoms with Crippen LogP contribution in [-0.2, 0) is 24.2 Å². The minimum atomic E-state index is 0. The molecule has 2 aromatic heterocycles. The first-order valence-corrected chi connectivity index (χ1v) is 11.2. The Labute approximate surface area is 200 Å². The molecular formula is C20H34IN7OS. The molecule has 2 aromatic rings. The fourth-order valence-electron chi connectivity index (χ4n) is 3.35. The van der Waals surface area contributed by atoms with E-state index < -0.39 is 0 Å². The van der Waals surface area contributed by atoms with Crippen molar-refractivity contribution >= 4 is 41.3 Å². The maximum absolute atomic E-state index is 5.50.